The number of anilines is 1. The topological polar surface area (TPSA) is 73.0 Å². The lowest BCUT2D eigenvalue weighted by molar-refractivity contribution is 0.101. The second-order valence-electron chi connectivity index (χ2n) is 4.84. The number of nitrogens with zero attached hydrogens (tertiary/aromatic N) is 3. The molecule has 1 aromatic carbocycles. The third-order valence-electron chi connectivity index (χ3n) is 3.10. The molecule has 3 aromatic rings. The number of aromatic nitrogens is 3. The van der Waals surface area contributed by atoms with Crippen LogP contribution in [0.4, 0.5) is 5.82 Å². The van der Waals surface area contributed by atoms with Gasteiger partial charge in [0.05, 0.1) is 5.69 Å². The number of benzene rings is 1. The van der Waals surface area contributed by atoms with Crippen molar-refractivity contribution in [3.63, 3.8) is 0 Å². The quantitative estimate of drug-likeness (QED) is 0.804. The first-order valence-corrected chi connectivity index (χ1v) is 6.95. The first-order chi connectivity index (χ1) is 10.5. The van der Waals surface area contributed by atoms with Crippen LogP contribution in [0.5, 0.6) is 0 Å². The van der Waals surface area contributed by atoms with Crippen LogP contribution in [0.3, 0.4) is 0 Å². The Kier molecular flexibility index (Phi) is 3.68. The highest BCUT2D eigenvalue weighted by molar-refractivity contribution is 6.30. The predicted molar refractivity (Wildman–Crippen MR) is 82.8 cm³/mol. The van der Waals surface area contributed by atoms with E-state index in [2.05, 4.69) is 15.6 Å². The highest BCUT2D eigenvalue weighted by atomic mass is 35.5. The molecular weight excluding hydrogens is 304 g/mol. The molecule has 1 amide bonds. The van der Waals surface area contributed by atoms with Gasteiger partial charge in [0.25, 0.3) is 5.91 Å². The third kappa shape index (κ3) is 2.87. The van der Waals surface area contributed by atoms with Crippen molar-refractivity contribution in [3.05, 3.63) is 52.8 Å². The van der Waals surface area contributed by atoms with Crippen LogP contribution in [0.15, 0.2) is 40.9 Å². The van der Waals surface area contributed by atoms with E-state index in [9.17, 15) is 4.79 Å². The van der Waals surface area contributed by atoms with Gasteiger partial charge in [-0.2, -0.15) is 5.10 Å². The van der Waals surface area contributed by atoms with Crippen LogP contribution < -0.4 is 5.32 Å². The highest BCUT2D eigenvalue weighted by Crippen LogP contribution is 2.23. The maximum absolute atomic E-state index is 12.2. The van der Waals surface area contributed by atoms with E-state index in [0.29, 0.717) is 16.6 Å². The van der Waals surface area contributed by atoms with E-state index in [-0.39, 0.29) is 11.6 Å². The van der Waals surface area contributed by atoms with E-state index in [0.717, 1.165) is 11.3 Å². The zero-order valence-electron chi connectivity index (χ0n) is 12.0. The number of carbonyl (C=O) groups is 1. The number of amides is 1. The van der Waals surface area contributed by atoms with Crippen LogP contribution in [-0.4, -0.2) is 20.8 Å². The van der Waals surface area contributed by atoms with Crippen LogP contribution >= 0.6 is 11.6 Å². The zero-order chi connectivity index (χ0) is 15.7. The van der Waals surface area contributed by atoms with Crippen molar-refractivity contribution < 1.29 is 9.32 Å². The molecule has 2 heterocycles. The SMILES string of the molecule is Cc1cc(NC(=O)c2cc(-c3cccc(Cl)c3)on2)n(C)n1. The summed E-state index contributed by atoms with van der Waals surface area (Å²) in [7, 11) is 1.75. The predicted octanol–water partition coefficient (Wildman–Crippen LogP) is 3.29. The van der Waals surface area contributed by atoms with Crippen LogP contribution in [0.2, 0.25) is 5.02 Å². The average molecular weight is 317 g/mol. The van der Waals surface area contributed by atoms with E-state index < -0.39 is 0 Å². The number of halogens is 1. The molecule has 0 spiro atoms. The molecule has 3 rings (SSSR count). The lowest BCUT2D eigenvalue weighted by Gasteiger charge is -2.01. The van der Waals surface area contributed by atoms with Gasteiger partial charge in [0, 0.05) is 29.8 Å². The highest BCUT2D eigenvalue weighted by Gasteiger charge is 2.15. The van der Waals surface area contributed by atoms with Crippen LogP contribution in [0, 0.1) is 6.92 Å². The second kappa shape index (κ2) is 5.65. The summed E-state index contributed by atoms with van der Waals surface area (Å²) >= 11 is 5.94. The summed E-state index contributed by atoms with van der Waals surface area (Å²) in [5.41, 5.74) is 1.77. The molecule has 0 aliphatic heterocycles. The van der Waals surface area contributed by atoms with Gasteiger partial charge >= 0.3 is 0 Å². The minimum atomic E-state index is -0.361. The molecular formula is C15H13ClN4O2. The van der Waals surface area contributed by atoms with Crippen molar-refractivity contribution in [1.82, 2.24) is 14.9 Å². The van der Waals surface area contributed by atoms with Gasteiger partial charge in [-0.1, -0.05) is 28.9 Å². The third-order valence-corrected chi connectivity index (χ3v) is 3.33. The molecule has 112 valence electrons. The summed E-state index contributed by atoms with van der Waals surface area (Å²) in [4.78, 5) is 12.2. The average Bonchev–Trinajstić information content (AvgIpc) is 3.06. The minimum absolute atomic E-state index is 0.189. The Hall–Kier alpha value is -2.60. The van der Waals surface area contributed by atoms with Crippen molar-refractivity contribution in [1.29, 1.82) is 0 Å². The van der Waals surface area contributed by atoms with Gasteiger partial charge in [-0.05, 0) is 19.1 Å². The first kappa shape index (κ1) is 14.3. The second-order valence-corrected chi connectivity index (χ2v) is 5.27. The fourth-order valence-corrected chi connectivity index (χ4v) is 2.26. The molecule has 0 radical (unpaired) electrons. The summed E-state index contributed by atoms with van der Waals surface area (Å²) in [6.07, 6.45) is 0. The molecule has 0 bridgehead atoms. The normalized spacial score (nSPS) is 10.7. The lowest BCUT2D eigenvalue weighted by Crippen LogP contribution is -2.14. The van der Waals surface area contributed by atoms with Gasteiger partial charge < -0.3 is 9.84 Å². The van der Waals surface area contributed by atoms with Gasteiger partial charge in [0.15, 0.2) is 11.5 Å². The number of aryl methyl sites for hydroxylation is 2. The fourth-order valence-electron chi connectivity index (χ4n) is 2.07. The summed E-state index contributed by atoms with van der Waals surface area (Å²) in [6, 6.07) is 10.5. The molecule has 22 heavy (non-hydrogen) atoms. The molecule has 7 heteroatoms. The van der Waals surface area contributed by atoms with Crippen LogP contribution in [-0.2, 0) is 7.05 Å². The van der Waals surface area contributed by atoms with E-state index in [4.69, 9.17) is 16.1 Å². The number of hydrogen-bond acceptors (Lipinski definition) is 4. The Labute approximate surface area is 131 Å². The Bertz CT molecular complexity index is 838. The van der Waals surface area contributed by atoms with Gasteiger partial charge in [0.1, 0.15) is 5.82 Å². The maximum Gasteiger partial charge on any atom is 0.279 e. The van der Waals surface area contributed by atoms with E-state index >= 15 is 0 Å². The molecule has 0 aliphatic carbocycles. The van der Waals surface area contributed by atoms with E-state index in [1.54, 1.807) is 42.1 Å². The van der Waals surface area contributed by atoms with Crippen molar-refractivity contribution in [2.45, 2.75) is 6.92 Å². The molecule has 2 aromatic heterocycles. The number of nitrogens with one attached hydrogen (secondary N) is 1. The number of hydrogen-bond donors (Lipinski definition) is 1. The summed E-state index contributed by atoms with van der Waals surface area (Å²) in [5, 5.41) is 11.3. The number of rotatable bonds is 3. The minimum Gasteiger partial charge on any atom is -0.355 e. The summed E-state index contributed by atoms with van der Waals surface area (Å²) < 4.78 is 6.80. The molecule has 0 fully saturated rings. The molecule has 0 unspecified atom stereocenters. The lowest BCUT2D eigenvalue weighted by atomic mass is 10.1. The maximum atomic E-state index is 12.2. The molecule has 0 saturated heterocycles. The van der Waals surface area contributed by atoms with Crippen LogP contribution in [0.1, 0.15) is 16.2 Å². The monoisotopic (exact) mass is 316 g/mol. The fraction of sp³-hybridized carbons (Fsp3) is 0.133. The first-order valence-electron chi connectivity index (χ1n) is 6.57. The van der Waals surface area contributed by atoms with Crippen molar-refractivity contribution in [3.8, 4) is 11.3 Å². The van der Waals surface area contributed by atoms with Gasteiger partial charge in [-0.25, -0.2) is 0 Å². The number of carbonyl (C=O) groups excluding carboxylic acids is 1. The Morgan fingerprint density at radius 2 is 2.14 bits per heavy atom. The smallest absolute Gasteiger partial charge is 0.279 e. The zero-order valence-corrected chi connectivity index (χ0v) is 12.8. The van der Waals surface area contributed by atoms with Crippen molar-refractivity contribution >= 4 is 23.3 Å². The molecule has 1 N–H and O–H groups in total. The molecule has 6 nitrogen and oxygen atoms in total. The summed E-state index contributed by atoms with van der Waals surface area (Å²) in [5.74, 6) is 0.712. The Morgan fingerprint density at radius 1 is 1.32 bits per heavy atom. The molecule has 0 saturated carbocycles. The Morgan fingerprint density at radius 3 is 2.82 bits per heavy atom. The molecule has 0 atom stereocenters. The van der Waals surface area contributed by atoms with Gasteiger partial charge in [-0.15, -0.1) is 0 Å². The Balaban J connectivity index is 1.81. The van der Waals surface area contributed by atoms with Gasteiger partial charge in [-0.3, -0.25) is 9.48 Å². The standard InChI is InChI=1S/C15H13ClN4O2/c1-9-6-14(20(2)18-9)17-15(21)12-8-13(22-19-12)10-4-3-5-11(16)7-10/h3-8H,1-2H3,(H,17,21). The van der Waals surface area contributed by atoms with Gasteiger partial charge in [0.2, 0.25) is 0 Å². The largest absolute Gasteiger partial charge is 0.355 e. The van der Waals surface area contributed by atoms with E-state index in [1.165, 1.54) is 0 Å². The van der Waals surface area contributed by atoms with E-state index in [1.807, 2.05) is 13.0 Å². The van der Waals surface area contributed by atoms with Crippen LogP contribution in [0.25, 0.3) is 11.3 Å². The molecule has 0 aliphatic rings. The van der Waals surface area contributed by atoms with Crippen molar-refractivity contribution in [2.24, 2.45) is 7.05 Å². The van der Waals surface area contributed by atoms with Crippen molar-refractivity contribution in [2.75, 3.05) is 5.32 Å². The summed E-state index contributed by atoms with van der Waals surface area (Å²) in [6.45, 7) is 1.85.